The number of rotatable bonds is 5. The van der Waals surface area contributed by atoms with E-state index in [1.807, 2.05) is 30.3 Å². The third-order valence-electron chi connectivity index (χ3n) is 4.32. The van der Waals surface area contributed by atoms with Crippen molar-refractivity contribution in [2.24, 2.45) is 0 Å². The van der Waals surface area contributed by atoms with Crippen molar-refractivity contribution in [2.45, 2.75) is 6.54 Å². The van der Waals surface area contributed by atoms with Gasteiger partial charge in [0.1, 0.15) is 5.75 Å². The molecule has 1 fully saturated rings. The number of ether oxygens (including phenoxy) is 1. The largest absolute Gasteiger partial charge is 0.497 e. The zero-order valence-corrected chi connectivity index (χ0v) is 14.6. The summed E-state index contributed by atoms with van der Waals surface area (Å²) in [5.41, 5.74) is 1.32. The molecule has 1 aromatic carbocycles. The molecule has 1 N–H and O–H groups in total. The lowest BCUT2D eigenvalue weighted by molar-refractivity contribution is 0.0945. The monoisotopic (exact) mass is 341 g/mol. The minimum atomic E-state index is -0.228. The summed E-state index contributed by atoms with van der Waals surface area (Å²) in [5, 5.41) is 11.1. The minimum absolute atomic E-state index is 0.228. The van der Waals surface area contributed by atoms with Gasteiger partial charge in [-0.2, -0.15) is 0 Å². The maximum atomic E-state index is 12.2. The molecule has 1 aromatic heterocycles. The summed E-state index contributed by atoms with van der Waals surface area (Å²) < 4.78 is 5.12. The fourth-order valence-corrected chi connectivity index (χ4v) is 2.67. The third-order valence-corrected chi connectivity index (χ3v) is 4.32. The van der Waals surface area contributed by atoms with Crippen molar-refractivity contribution < 1.29 is 9.53 Å². The molecule has 0 bridgehead atoms. The molecule has 1 aliphatic heterocycles. The van der Waals surface area contributed by atoms with Crippen LogP contribution < -0.4 is 15.0 Å². The highest BCUT2D eigenvalue weighted by molar-refractivity contribution is 5.92. The van der Waals surface area contributed by atoms with E-state index >= 15 is 0 Å². The molecule has 132 valence electrons. The van der Waals surface area contributed by atoms with Crippen LogP contribution in [-0.2, 0) is 6.54 Å². The van der Waals surface area contributed by atoms with Gasteiger partial charge in [-0.1, -0.05) is 12.1 Å². The Bertz CT molecular complexity index is 694. The number of hydrogen-bond donors (Lipinski definition) is 1. The Kier molecular flexibility index (Phi) is 5.45. The lowest BCUT2D eigenvalue weighted by atomic mass is 10.2. The second kappa shape index (κ2) is 7.94. The van der Waals surface area contributed by atoms with Crippen molar-refractivity contribution in [3.05, 3.63) is 47.7 Å². The molecule has 3 rings (SSSR count). The molecule has 1 amide bonds. The van der Waals surface area contributed by atoms with Crippen LogP contribution in [-0.4, -0.2) is 61.3 Å². The standard InChI is InChI=1S/C18H23N5O2/c1-22-9-11-23(12-10-22)17-8-7-16(20-21-17)18(24)19-13-14-3-5-15(25-2)6-4-14/h3-8H,9-13H2,1-2H3,(H,19,24). The number of hydrogen-bond acceptors (Lipinski definition) is 6. The molecule has 0 saturated carbocycles. The zero-order chi connectivity index (χ0) is 17.6. The molecule has 7 nitrogen and oxygen atoms in total. The van der Waals surface area contributed by atoms with Crippen LogP contribution in [0.25, 0.3) is 0 Å². The van der Waals surface area contributed by atoms with Gasteiger partial charge < -0.3 is 19.9 Å². The molecule has 1 saturated heterocycles. The number of methoxy groups -OCH3 is 1. The average Bonchev–Trinajstić information content (AvgIpc) is 2.67. The number of nitrogens with zero attached hydrogens (tertiary/aromatic N) is 4. The summed E-state index contributed by atoms with van der Waals surface area (Å²) in [6.07, 6.45) is 0. The first-order valence-corrected chi connectivity index (χ1v) is 8.34. The second-order valence-electron chi connectivity index (χ2n) is 6.10. The Hall–Kier alpha value is -2.67. The van der Waals surface area contributed by atoms with Crippen molar-refractivity contribution in [2.75, 3.05) is 45.2 Å². The molecule has 0 spiro atoms. The number of likely N-dealkylation sites (N-methyl/N-ethyl adjacent to an activating group) is 1. The fourth-order valence-electron chi connectivity index (χ4n) is 2.67. The van der Waals surface area contributed by atoms with Crippen LogP contribution in [0.2, 0.25) is 0 Å². The molecule has 0 aliphatic carbocycles. The first-order valence-electron chi connectivity index (χ1n) is 8.34. The van der Waals surface area contributed by atoms with Crippen LogP contribution in [0, 0.1) is 0 Å². The SMILES string of the molecule is COc1ccc(CNC(=O)c2ccc(N3CCN(C)CC3)nn2)cc1. The van der Waals surface area contributed by atoms with Gasteiger partial charge in [0, 0.05) is 32.7 Å². The summed E-state index contributed by atoms with van der Waals surface area (Å²) in [7, 11) is 3.74. The van der Waals surface area contributed by atoms with Gasteiger partial charge in [0.25, 0.3) is 5.91 Å². The molecule has 2 aromatic rings. The van der Waals surface area contributed by atoms with Gasteiger partial charge in [-0.3, -0.25) is 4.79 Å². The van der Waals surface area contributed by atoms with Crippen molar-refractivity contribution in [1.29, 1.82) is 0 Å². The number of nitrogens with one attached hydrogen (secondary N) is 1. The van der Waals surface area contributed by atoms with E-state index in [9.17, 15) is 4.79 Å². The molecule has 1 aliphatic rings. The molecular weight excluding hydrogens is 318 g/mol. The van der Waals surface area contributed by atoms with E-state index in [1.165, 1.54) is 0 Å². The smallest absolute Gasteiger partial charge is 0.272 e. The number of carbonyl (C=O) groups is 1. The van der Waals surface area contributed by atoms with Gasteiger partial charge in [-0.15, -0.1) is 10.2 Å². The first kappa shape index (κ1) is 17.2. The normalized spacial score (nSPS) is 15.0. The van der Waals surface area contributed by atoms with Crippen LogP contribution in [0.15, 0.2) is 36.4 Å². The number of benzene rings is 1. The van der Waals surface area contributed by atoms with E-state index in [2.05, 4.69) is 32.4 Å². The lowest BCUT2D eigenvalue weighted by Gasteiger charge is -2.32. The summed E-state index contributed by atoms with van der Waals surface area (Å²) in [6, 6.07) is 11.2. The highest BCUT2D eigenvalue weighted by Gasteiger charge is 2.16. The molecule has 25 heavy (non-hydrogen) atoms. The van der Waals surface area contributed by atoms with Crippen molar-refractivity contribution in [3.63, 3.8) is 0 Å². The van der Waals surface area contributed by atoms with Gasteiger partial charge >= 0.3 is 0 Å². The number of piperazine rings is 1. The quantitative estimate of drug-likeness (QED) is 0.880. The average molecular weight is 341 g/mol. The number of carbonyl (C=O) groups excluding carboxylic acids is 1. The summed E-state index contributed by atoms with van der Waals surface area (Å²) in [5.74, 6) is 1.38. The molecule has 2 heterocycles. The summed E-state index contributed by atoms with van der Waals surface area (Å²) in [4.78, 5) is 16.7. The van der Waals surface area contributed by atoms with Gasteiger partial charge in [0.15, 0.2) is 11.5 Å². The Labute approximate surface area is 147 Å². The van der Waals surface area contributed by atoms with E-state index in [0.717, 1.165) is 43.3 Å². The van der Waals surface area contributed by atoms with Gasteiger partial charge in [-0.05, 0) is 36.9 Å². The fraction of sp³-hybridized carbons (Fsp3) is 0.389. The van der Waals surface area contributed by atoms with E-state index in [-0.39, 0.29) is 5.91 Å². The topological polar surface area (TPSA) is 70.6 Å². The summed E-state index contributed by atoms with van der Waals surface area (Å²) >= 11 is 0. The van der Waals surface area contributed by atoms with E-state index in [1.54, 1.807) is 13.2 Å². The zero-order valence-electron chi connectivity index (χ0n) is 14.6. The minimum Gasteiger partial charge on any atom is -0.497 e. The van der Waals surface area contributed by atoms with Crippen molar-refractivity contribution >= 4 is 11.7 Å². The van der Waals surface area contributed by atoms with Gasteiger partial charge in [0.2, 0.25) is 0 Å². The predicted octanol–water partition coefficient (Wildman–Crippen LogP) is 1.17. The third kappa shape index (κ3) is 4.45. The van der Waals surface area contributed by atoms with E-state index < -0.39 is 0 Å². The molecule has 7 heteroatoms. The van der Waals surface area contributed by atoms with Crippen LogP contribution in [0.1, 0.15) is 16.1 Å². The Morgan fingerprint density at radius 3 is 2.40 bits per heavy atom. The molecular formula is C18H23N5O2. The van der Waals surface area contributed by atoms with E-state index in [4.69, 9.17) is 4.74 Å². The molecule has 0 atom stereocenters. The molecule has 0 unspecified atom stereocenters. The number of aromatic nitrogens is 2. The van der Waals surface area contributed by atoms with Gasteiger partial charge in [0.05, 0.1) is 7.11 Å². The first-order chi connectivity index (χ1) is 12.2. The Morgan fingerprint density at radius 1 is 1.08 bits per heavy atom. The maximum Gasteiger partial charge on any atom is 0.272 e. The van der Waals surface area contributed by atoms with Crippen molar-refractivity contribution in [3.8, 4) is 5.75 Å². The molecule has 0 radical (unpaired) electrons. The summed E-state index contributed by atoms with van der Waals surface area (Å²) in [6.45, 7) is 4.30. The van der Waals surface area contributed by atoms with Gasteiger partial charge in [-0.25, -0.2) is 0 Å². The Balaban J connectivity index is 1.55. The second-order valence-corrected chi connectivity index (χ2v) is 6.10. The lowest BCUT2D eigenvalue weighted by Crippen LogP contribution is -2.44. The highest BCUT2D eigenvalue weighted by Crippen LogP contribution is 2.13. The van der Waals surface area contributed by atoms with Crippen LogP contribution >= 0.6 is 0 Å². The number of anilines is 1. The highest BCUT2D eigenvalue weighted by atomic mass is 16.5. The van der Waals surface area contributed by atoms with Crippen molar-refractivity contribution in [1.82, 2.24) is 20.4 Å². The Morgan fingerprint density at radius 2 is 1.80 bits per heavy atom. The number of amides is 1. The van der Waals surface area contributed by atoms with Crippen LogP contribution in [0.3, 0.4) is 0 Å². The van der Waals surface area contributed by atoms with Crippen LogP contribution in [0.5, 0.6) is 5.75 Å². The van der Waals surface area contributed by atoms with E-state index in [0.29, 0.717) is 12.2 Å². The predicted molar refractivity (Wildman–Crippen MR) is 95.9 cm³/mol. The van der Waals surface area contributed by atoms with Crippen LogP contribution in [0.4, 0.5) is 5.82 Å². The maximum absolute atomic E-state index is 12.2.